The molecule has 0 unspecified atom stereocenters. The van der Waals surface area contributed by atoms with E-state index in [1.807, 2.05) is 13.8 Å². The molecule has 9 heteroatoms. The lowest BCUT2D eigenvalue weighted by Crippen LogP contribution is -2.40. The predicted octanol–water partition coefficient (Wildman–Crippen LogP) is 2.41. The van der Waals surface area contributed by atoms with E-state index in [-0.39, 0.29) is 35.5 Å². The molecule has 8 nitrogen and oxygen atoms in total. The average molecular weight is 446 g/mol. The molecule has 0 aromatic heterocycles. The van der Waals surface area contributed by atoms with Gasteiger partial charge in [0.2, 0.25) is 10.0 Å². The summed E-state index contributed by atoms with van der Waals surface area (Å²) in [6, 6.07) is 11.2. The first-order chi connectivity index (χ1) is 14.7. The average Bonchev–Trinajstić information content (AvgIpc) is 2.74. The second-order valence-electron chi connectivity index (χ2n) is 7.62. The molecular weight excluding hydrogens is 418 g/mol. The number of carbonyl (C=O) groups excluding carboxylic acids is 2. The Balaban J connectivity index is 1.87. The van der Waals surface area contributed by atoms with Gasteiger partial charge in [-0.2, -0.15) is 4.31 Å². The van der Waals surface area contributed by atoms with Crippen molar-refractivity contribution in [2.75, 3.05) is 31.6 Å². The molecule has 2 amide bonds. The highest BCUT2D eigenvalue weighted by molar-refractivity contribution is 7.89. The van der Waals surface area contributed by atoms with Gasteiger partial charge in [0.1, 0.15) is 0 Å². The molecule has 0 aliphatic carbocycles. The highest BCUT2D eigenvalue weighted by atomic mass is 32.2. The van der Waals surface area contributed by atoms with Gasteiger partial charge in [-0.3, -0.25) is 9.59 Å². The van der Waals surface area contributed by atoms with E-state index in [9.17, 15) is 18.0 Å². The number of nitrogens with one attached hydrogen (secondary N) is 2. The summed E-state index contributed by atoms with van der Waals surface area (Å²) in [6.07, 6.45) is 0. The van der Waals surface area contributed by atoms with Crippen LogP contribution in [0.5, 0.6) is 0 Å². The fourth-order valence-electron chi connectivity index (χ4n) is 3.27. The minimum absolute atomic E-state index is 0.0543. The lowest BCUT2D eigenvalue weighted by atomic mass is 10.1. The molecule has 2 N–H and O–H groups in total. The van der Waals surface area contributed by atoms with Crippen molar-refractivity contribution in [2.45, 2.75) is 31.7 Å². The van der Waals surface area contributed by atoms with Crippen LogP contribution in [0.4, 0.5) is 5.69 Å². The second kappa shape index (κ2) is 9.59. The zero-order chi connectivity index (χ0) is 22.6. The standard InChI is InChI=1S/C22H27N3O5S/c1-15(2)23-22(27)18-6-4-5-7-19(18)24-21(26)17-9-8-16(3)20(14-17)31(28,29)25-10-12-30-13-11-25/h4-9,14-15H,10-13H2,1-3H3,(H,23,27)(H,24,26). The maximum Gasteiger partial charge on any atom is 0.255 e. The number of hydrogen-bond acceptors (Lipinski definition) is 5. The van der Waals surface area contributed by atoms with Gasteiger partial charge in [0, 0.05) is 24.7 Å². The number of para-hydroxylation sites is 1. The molecule has 2 aromatic carbocycles. The van der Waals surface area contributed by atoms with E-state index >= 15 is 0 Å². The van der Waals surface area contributed by atoms with Crippen LogP contribution in [0.3, 0.4) is 0 Å². The summed E-state index contributed by atoms with van der Waals surface area (Å²) < 4.78 is 32.8. The van der Waals surface area contributed by atoms with Crippen LogP contribution in [-0.2, 0) is 14.8 Å². The number of ether oxygens (including phenoxy) is 1. The van der Waals surface area contributed by atoms with Gasteiger partial charge in [0.25, 0.3) is 11.8 Å². The maximum atomic E-state index is 13.1. The van der Waals surface area contributed by atoms with Gasteiger partial charge in [-0.1, -0.05) is 18.2 Å². The highest BCUT2D eigenvalue weighted by Crippen LogP contribution is 2.23. The number of aryl methyl sites for hydroxylation is 1. The fraction of sp³-hybridized carbons (Fsp3) is 0.364. The molecular formula is C22H27N3O5S. The van der Waals surface area contributed by atoms with E-state index < -0.39 is 15.9 Å². The van der Waals surface area contributed by atoms with E-state index in [0.29, 0.717) is 30.0 Å². The van der Waals surface area contributed by atoms with Gasteiger partial charge in [-0.05, 0) is 50.6 Å². The summed E-state index contributed by atoms with van der Waals surface area (Å²) in [5.74, 6) is -0.798. The second-order valence-corrected chi connectivity index (χ2v) is 9.53. The van der Waals surface area contributed by atoms with Crippen molar-refractivity contribution in [1.29, 1.82) is 0 Å². The molecule has 166 valence electrons. The number of morpholine rings is 1. The van der Waals surface area contributed by atoms with E-state index in [1.54, 1.807) is 43.3 Å². The van der Waals surface area contributed by atoms with E-state index in [0.717, 1.165) is 0 Å². The van der Waals surface area contributed by atoms with Crippen LogP contribution in [-0.4, -0.2) is 56.9 Å². The summed E-state index contributed by atoms with van der Waals surface area (Å²) in [5.41, 5.74) is 1.43. The summed E-state index contributed by atoms with van der Waals surface area (Å²) in [6.45, 7) is 6.62. The maximum absolute atomic E-state index is 13.1. The summed E-state index contributed by atoms with van der Waals surface area (Å²) in [4.78, 5) is 25.4. The molecule has 0 spiro atoms. The molecule has 1 heterocycles. The summed E-state index contributed by atoms with van der Waals surface area (Å²) in [5, 5.41) is 5.53. The van der Waals surface area contributed by atoms with Gasteiger partial charge in [0.05, 0.1) is 29.4 Å². The third-order valence-electron chi connectivity index (χ3n) is 4.88. The number of amides is 2. The van der Waals surface area contributed by atoms with E-state index in [2.05, 4.69) is 10.6 Å². The quantitative estimate of drug-likeness (QED) is 0.711. The third-order valence-corrected chi connectivity index (χ3v) is 6.92. The number of nitrogens with zero attached hydrogens (tertiary/aromatic N) is 1. The summed E-state index contributed by atoms with van der Waals surface area (Å²) >= 11 is 0. The molecule has 3 rings (SSSR count). The van der Waals surface area contributed by atoms with Crippen molar-refractivity contribution in [3.8, 4) is 0 Å². The fourth-order valence-corrected chi connectivity index (χ4v) is 4.93. The van der Waals surface area contributed by atoms with Crippen LogP contribution in [0.25, 0.3) is 0 Å². The van der Waals surface area contributed by atoms with E-state index in [4.69, 9.17) is 4.74 Å². The SMILES string of the molecule is Cc1ccc(C(=O)Nc2ccccc2C(=O)NC(C)C)cc1S(=O)(=O)N1CCOCC1. The molecule has 1 aliphatic rings. The third kappa shape index (κ3) is 5.30. The first-order valence-corrected chi connectivity index (χ1v) is 11.5. The number of anilines is 1. The van der Waals surface area contributed by atoms with Crippen molar-refractivity contribution in [1.82, 2.24) is 9.62 Å². The molecule has 0 radical (unpaired) electrons. The number of benzene rings is 2. The zero-order valence-corrected chi connectivity index (χ0v) is 18.7. The van der Waals surface area contributed by atoms with Crippen LogP contribution in [0, 0.1) is 6.92 Å². The van der Waals surface area contributed by atoms with Crippen LogP contribution in [0.2, 0.25) is 0 Å². The van der Waals surface area contributed by atoms with Gasteiger partial charge in [0.15, 0.2) is 0 Å². The molecule has 2 aromatic rings. The first-order valence-electron chi connectivity index (χ1n) is 10.1. The Hall–Kier alpha value is -2.75. The molecule has 0 saturated carbocycles. The Labute approximate surface area is 182 Å². The van der Waals surface area contributed by atoms with E-state index in [1.165, 1.54) is 10.4 Å². The van der Waals surface area contributed by atoms with Crippen molar-refractivity contribution < 1.29 is 22.7 Å². The number of hydrogen-bond donors (Lipinski definition) is 2. The molecule has 1 fully saturated rings. The Morgan fingerprint density at radius 2 is 1.71 bits per heavy atom. The minimum atomic E-state index is -3.75. The Bertz CT molecular complexity index is 1080. The predicted molar refractivity (Wildman–Crippen MR) is 118 cm³/mol. The molecule has 31 heavy (non-hydrogen) atoms. The molecule has 0 atom stereocenters. The van der Waals surface area contributed by atoms with Gasteiger partial charge < -0.3 is 15.4 Å². The monoisotopic (exact) mass is 445 g/mol. The number of rotatable bonds is 6. The normalized spacial score (nSPS) is 15.0. The zero-order valence-electron chi connectivity index (χ0n) is 17.8. The van der Waals surface area contributed by atoms with Crippen LogP contribution < -0.4 is 10.6 Å². The molecule has 0 bridgehead atoms. The molecule has 1 saturated heterocycles. The molecule has 1 aliphatic heterocycles. The van der Waals surface area contributed by atoms with Gasteiger partial charge >= 0.3 is 0 Å². The Morgan fingerprint density at radius 1 is 1.03 bits per heavy atom. The first kappa shape index (κ1) is 22.9. The largest absolute Gasteiger partial charge is 0.379 e. The van der Waals surface area contributed by atoms with Gasteiger partial charge in [-0.25, -0.2) is 8.42 Å². The highest BCUT2D eigenvalue weighted by Gasteiger charge is 2.28. The van der Waals surface area contributed by atoms with Crippen LogP contribution in [0.1, 0.15) is 40.1 Å². The number of carbonyl (C=O) groups is 2. The Morgan fingerprint density at radius 3 is 2.39 bits per heavy atom. The van der Waals surface area contributed by atoms with Crippen molar-refractivity contribution >= 4 is 27.5 Å². The van der Waals surface area contributed by atoms with Crippen molar-refractivity contribution in [3.63, 3.8) is 0 Å². The number of sulfonamides is 1. The Kier molecular flexibility index (Phi) is 7.09. The van der Waals surface area contributed by atoms with Crippen molar-refractivity contribution in [3.05, 3.63) is 59.2 Å². The smallest absolute Gasteiger partial charge is 0.255 e. The van der Waals surface area contributed by atoms with Gasteiger partial charge in [-0.15, -0.1) is 0 Å². The van der Waals surface area contributed by atoms with Crippen molar-refractivity contribution in [2.24, 2.45) is 0 Å². The minimum Gasteiger partial charge on any atom is -0.379 e. The summed E-state index contributed by atoms with van der Waals surface area (Å²) in [7, 11) is -3.75. The lowest BCUT2D eigenvalue weighted by molar-refractivity contribution is 0.0730. The van der Waals surface area contributed by atoms with Crippen LogP contribution >= 0.6 is 0 Å². The lowest BCUT2D eigenvalue weighted by Gasteiger charge is -2.26. The van der Waals surface area contributed by atoms with Crippen LogP contribution in [0.15, 0.2) is 47.4 Å². The topological polar surface area (TPSA) is 105 Å².